The summed E-state index contributed by atoms with van der Waals surface area (Å²) in [6, 6.07) is 0. The van der Waals surface area contributed by atoms with Gasteiger partial charge in [-0.25, -0.2) is 0 Å². The second-order valence-corrected chi connectivity index (χ2v) is 22.3. The molecule has 0 fully saturated rings. The van der Waals surface area contributed by atoms with Crippen molar-refractivity contribution in [2.45, 2.75) is 322 Å². The van der Waals surface area contributed by atoms with E-state index in [0.29, 0.717) is 19.3 Å². The summed E-state index contributed by atoms with van der Waals surface area (Å²) in [5.74, 6) is -0.996. The molecule has 0 saturated carbocycles. The van der Waals surface area contributed by atoms with Crippen LogP contribution in [0.25, 0.3) is 0 Å². The number of allylic oxidation sites excluding steroid dienone is 20. The summed E-state index contributed by atoms with van der Waals surface area (Å²) in [7, 11) is 0. The Hall–Kier alpha value is -4.19. The van der Waals surface area contributed by atoms with Crippen molar-refractivity contribution in [1.82, 2.24) is 0 Å². The number of hydrogen-bond donors (Lipinski definition) is 0. The van der Waals surface area contributed by atoms with E-state index in [1.54, 1.807) is 0 Å². The fraction of sp³-hybridized carbons (Fsp3) is 0.693. The van der Waals surface area contributed by atoms with Crippen molar-refractivity contribution in [1.29, 1.82) is 0 Å². The lowest BCUT2D eigenvalue weighted by Gasteiger charge is -2.18. The van der Waals surface area contributed by atoms with Gasteiger partial charge in [0.2, 0.25) is 0 Å². The lowest BCUT2D eigenvalue weighted by atomic mass is 10.0. The van der Waals surface area contributed by atoms with Crippen molar-refractivity contribution in [3.8, 4) is 0 Å². The number of hydrogen-bond acceptors (Lipinski definition) is 6. The molecule has 0 aromatic rings. The summed E-state index contributed by atoms with van der Waals surface area (Å²) in [6.07, 6.45) is 95.3. The summed E-state index contributed by atoms with van der Waals surface area (Å²) in [6.45, 7) is 6.37. The molecule has 0 aliphatic heterocycles. The molecule has 0 amide bonds. The Kier molecular flexibility index (Phi) is 64.8. The van der Waals surface area contributed by atoms with Gasteiger partial charge in [0.05, 0.1) is 0 Å². The van der Waals surface area contributed by atoms with Gasteiger partial charge in [-0.15, -0.1) is 0 Å². The largest absolute Gasteiger partial charge is 0.462 e. The maximum atomic E-state index is 12.9. The highest BCUT2D eigenvalue weighted by atomic mass is 16.6. The van der Waals surface area contributed by atoms with Crippen molar-refractivity contribution < 1.29 is 28.6 Å². The van der Waals surface area contributed by atoms with Crippen molar-refractivity contribution in [2.75, 3.05) is 13.2 Å². The summed E-state index contributed by atoms with van der Waals surface area (Å²) in [5.41, 5.74) is 0. The lowest BCUT2D eigenvalue weighted by molar-refractivity contribution is -0.166. The maximum Gasteiger partial charge on any atom is 0.306 e. The Morgan fingerprint density at radius 1 is 0.259 bits per heavy atom. The first kappa shape index (κ1) is 76.8. The van der Waals surface area contributed by atoms with Gasteiger partial charge in [-0.1, -0.05) is 322 Å². The minimum absolute atomic E-state index is 0.108. The van der Waals surface area contributed by atoms with Gasteiger partial charge in [-0.05, 0) is 96.3 Å². The summed E-state index contributed by atoms with van der Waals surface area (Å²) >= 11 is 0. The molecule has 0 aromatic heterocycles. The molecule has 0 bridgehead atoms. The van der Waals surface area contributed by atoms with E-state index in [1.807, 2.05) is 6.08 Å². The van der Waals surface area contributed by atoms with E-state index in [0.717, 1.165) is 116 Å². The highest BCUT2D eigenvalue weighted by Crippen LogP contribution is 2.17. The third kappa shape index (κ3) is 66.5. The molecular formula is C75H126O6. The number of unbranched alkanes of at least 4 members (excludes halogenated alkanes) is 30. The fourth-order valence-corrected chi connectivity index (χ4v) is 9.46. The monoisotopic (exact) mass is 1120 g/mol. The van der Waals surface area contributed by atoms with Crippen LogP contribution in [0.5, 0.6) is 0 Å². The Labute approximate surface area is 501 Å². The maximum absolute atomic E-state index is 12.9. The summed E-state index contributed by atoms with van der Waals surface area (Å²) in [4.78, 5) is 38.3. The van der Waals surface area contributed by atoms with Crippen molar-refractivity contribution >= 4 is 17.9 Å². The van der Waals surface area contributed by atoms with Crippen LogP contribution in [0.2, 0.25) is 0 Å². The number of carbonyl (C=O) groups excluding carboxylic acids is 3. The minimum Gasteiger partial charge on any atom is -0.462 e. The molecule has 1 unspecified atom stereocenters. The first-order valence-corrected chi connectivity index (χ1v) is 34.0. The Balaban J connectivity index is 4.36. The zero-order chi connectivity index (χ0) is 58.5. The average molecular weight is 1120 g/mol. The summed E-state index contributed by atoms with van der Waals surface area (Å²) in [5, 5.41) is 0. The van der Waals surface area contributed by atoms with Gasteiger partial charge in [0.15, 0.2) is 6.10 Å². The van der Waals surface area contributed by atoms with Crippen LogP contribution in [-0.2, 0) is 28.6 Å². The molecular weight excluding hydrogens is 997 g/mol. The van der Waals surface area contributed by atoms with Gasteiger partial charge in [0, 0.05) is 19.3 Å². The second-order valence-electron chi connectivity index (χ2n) is 22.3. The number of ether oxygens (including phenoxy) is 3. The molecule has 0 radical (unpaired) electrons. The molecule has 6 nitrogen and oxygen atoms in total. The normalized spacial score (nSPS) is 12.9. The van der Waals surface area contributed by atoms with Crippen LogP contribution in [0.4, 0.5) is 0 Å². The molecule has 6 heteroatoms. The van der Waals surface area contributed by atoms with E-state index in [2.05, 4.69) is 136 Å². The van der Waals surface area contributed by atoms with E-state index in [9.17, 15) is 14.4 Å². The molecule has 0 aliphatic rings. The van der Waals surface area contributed by atoms with Crippen molar-refractivity contribution in [3.05, 3.63) is 122 Å². The number of esters is 3. The molecule has 0 aromatic carbocycles. The van der Waals surface area contributed by atoms with Gasteiger partial charge in [-0.3, -0.25) is 14.4 Å². The Bertz CT molecular complexity index is 1670. The van der Waals surface area contributed by atoms with Crippen molar-refractivity contribution in [3.63, 3.8) is 0 Å². The van der Waals surface area contributed by atoms with E-state index in [-0.39, 0.29) is 37.5 Å². The Morgan fingerprint density at radius 3 is 0.827 bits per heavy atom. The number of rotatable bonds is 61. The van der Waals surface area contributed by atoms with E-state index >= 15 is 0 Å². The average Bonchev–Trinajstić information content (AvgIpc) is 3.46. The van der Waals surface area contributed by atoms with Gasteiger partial charge in [-0.2, -0.15) is 0 Å². The predicted octanol–water partition coefficient (Wildman–Crippen LogP) is 23.6. The molecule has 81 heavy (non-hydrogen) atoms. The van der Waals surface area contributed by atoms with Crippen molar-refractivity contribution in [2.24, 2.45) is 0 Å². The van der Waals surface area contributed by atoms with Crippen LogP contribution >= 0.6 is 0 Å². The van der Waals surface area contributed by atoms with E-state index < -0.39 is 6.10 Å². The zero-order valence-corrected chi connectivity index (χ0v) is 53.0. The van der Waals surface area contributed by atoms with Crippen LogP contribution in [0, 0.1) is 0 Å². The van der Waals surface area contributed by atoms with Crippen LogP contribution in [-0.4, -0.2) is 37.2 Å². The number of carbonyl (C=O) groups is 3. The molecule has 0 saturated heterocycles. The third-order valence-corrected chi connectivity index (χ3v) is 14.5. The minimum atomic E-state index is -0.817. The lowest BCUT2D eigenvalue weighted by Crippen LogP contribution is -2.30. The molecule has 0 rings (SSSR count). The van der Waals surface area contributed by atoms with E-state index in [4.69, 9.17) is 14.2 Å². The van der Waals surface area contributed by atoms with Gasteiger partial charge < -0.3 is 14.2 Å². The quantitative estimate of drug-likeness (QED) is 0.0261. The second kappa shape index (κ2) is 68.3. The first-order chi connectivity index (χ1) is 40.0. The third-order valence-electron chi connectivity index (χ3n) is 14.5. The van der Waals surface area contributed by atoms with Crippen LogP contribution < -0.4 is 0 Å². The predicted molar refractivity (Wildman–Crippen MR) is 353 cm³/mol. The van der Waals surface area contributed by atoms with Crippen LogP contribution in [0.1, 0.15) is 316 Å². The highest BCUT2D eigenvalue weighted by molar-refractivity contribution is 5.71. The van der Waals surface area contributed by atoms with E-state index in [1.165, 1.54) is 154 Å². The van der Waals surface area contributed by atoms with Crippen LogP contribution in [0.15, 0.2) is 122 Å². The molecule has 462 valence electrons. The topological polar surface area (TPSA) is 78.9 Å². The SMILES string of the molecule is CC/C=C\C/C=C\C/C=C\C/C=C\C/C=C\C/C=C\CCCCCCCCC(=O)OCC(COC(=O)CC/C=C\C/C=C\C/C=C\C/C=C\CC)OC(=O)CCCCCCCCCCCCCCCCCCCCCCCCCCC. The van der Waals surface area contributed by atoms with Gasteiger partial charge in [0.25, 0.3) is 0 Å². The molecule has 0 spiro atoms. The van der Waals surface area contributed by atoms with Gasteiger partial charge >= 0.3 is 17.9 Å². The fourth-order valence-electron chi connectivity index (χ4n) is 9.46. The zero-order valence-electron chi connectivity index (χ0n) is 53.0. The van der Waals surface area contributed by atoms with Crippen LogP contribution in [0.3, 0.4) is 0 Å². The summed E-state index contributed by atoms with van der Waals surface area (Å²) < 4.78 is 16.9. The molecule has 1 atom stereocenters. The molecule has 0 N–H and O–H groups in total. The van der Waals surface area contributed by atoms with Gasteiger partial charge in [0.1, 0.15) is 13.2 Å². The first-order valence-electron chi connectivity index (χ1n) is 34.0. The standard InChI is InChI=1S/C75H126O6/c1-4-7-10-13-16-19-22-25-27-29-31-33-35-37-39-41-43-45-47-50-53-56-59-62-65-68-74(77)80-71-72(70-79-73(76)67-64-61-58-55-52-49-24-21-18-15-12-9-6-3)81-75(78)69-66-63-60-57-54-51-48-46-44-42-40-38-36-34-32-30-28-26-23-20-17-14-11-8-5-2/h7,9-10,12,16,18-19,21,25,27,31,33,37,39,43,45,49,52,58,61,72H,4-6,8,11,13-15,17,20,22-24,26,28-30,32,34-36,38,40-42,44,46-48,50-51,53-57,59-60,62-71H2,1-3H3/b10-7-,12-9-,19-16-,21-18-,27-25-,33-31-,39-37-,45-43-,52-49-,61-58-. The Morgan fingerprint density at radius 2 is 0.506 bits per heavy atom. The molecule has 0 heterocycles. The smallest absolute Gasteiger partial charge is 0.306 e. The molecule has 0 aliphatic carbocycles. The highest BCUT2D eigenvalue weighted by Gasteiger charge is 2.19.